The molecule has 5 heterocycles. The van der Waals surface area contributed by atoms with Gasteiger partial charge in [0.05, 0.1) is 42.3 Å². The largest absolute Gasteiger partial charge is 0.463 e. The Morgan fingerprint density at radius 3 is 2.76 bits per heavy atom. The molecule has 0 amide bonds. The number of benzene rings is 2. The first kappa shape index (κ1) is 26.3. The summed E-state index contributed by atoms with van der Waals surface area (Å²) >= 11 is 6.71. The van der Waals surface area contributed by atoms with Gasteiger partial charge in [-0.1, -0.05) is 42.4 Å². The van der Waals surface area contributed by atoms with Gasteiger partial charge in [-0.2, -0.15) is 9.97 Å². The molecule has 0 radical (unpaired) electrons. The second kappa shape index (κ2) is 11.0. The summed E-state index contributed by atoms with van der Waals surface area (Å²) in [5, 5.41) is 3.01. The van der Waals surface area contributed by atoms with Crippen molar-refractivity contribution >= 4 is 40.0 Å². The first-order valence-corrected chi connectivity index (χ1v) is 15.0. The van der Waals surface area contributed by atoms with Crippen molar-refractivity contribution in [3.05, 3.63) is 77.0 Å². The molecule has 3 aliphatic rings. The zero-order valence-corrected chi connectivity index (χ0v) is 24.4. The van der Waals surface area contributed by atoms with E-state index in [1.54, 1.807) is 0 Å². The monoisotopic (exact) mass is 569 g/mol. The van der Waals surface area contributed by atoms with Crippen LogP contribution >= 0.6 is 11.6 Å². The lowest BCUT2D eigenvalue weighted by Crippen LogP contribution is -2.38. The quantitative estimate of drug-likeness (QED) is 0.288. The van der Waals surface area contributed by atoms with E-state index in [0.29, 0.717) is 25.2 Å². The highest BCUT2D eigenvalue weighted by Crippen LogP contribution is 2.37. The highest BCUT2D eigenvalue weighted by atomic mass is 35.5. The highest BCUT2D eigenvalue weighted by molar-refractivity contribution is 6.36. The van der Waals surface area contributed by atoms with E-state index in [1.807, 2.05) is 24.4 Å². The lowest BCUT2D eigenvalue weighted by atomic mass is 10.0. The Bertz CT molecular complexity index is 1600. The van der Waals surface area contributed by atoms with Crippen LogP contribution in [0.4, 0.5) is 11.5 Å². The topological polar surface area (TPSA) is 62.6 Å². The Labute approximate surface area is 246 Å². The molecular weight excluding hydrogens is 534 g/mol. The maximum Gasteiger partial charge on any atom is 0.318 e. The molecule has 1 saturated heterocycles. The van der Waals surface area contributed by atoms with Gasteiger partial charge in [-0.05, 0) is 62.9 Å². The lowest BCUT2D eigenvalue weighted by molar-refractivity contribution is 0.222. The standard InChI is InChI=1S/C32H36ClN7O/c1-3-29-34-19-24-20-39(16-17-40(24)29)31-25-12-15-38(28-11-5-8-22-7-4-10-26(33)30(22)28)21-27(25)35-32(36-31)41-18-13-23-9-6-14-37(23)2/h3-5,7-8,10-11,19,23H,1,6,9,12-18,20-21H2,2H3. The van der Waals surface area contributed by atoms with Crippen molar-refractivity contribution in [2.45, 2.75) is 51.4 Å². The summed E-state index contributed by atoms with van der Waals surface area (Å²) in [6.07, 6.45) is 8.11. The van der Waals surface area contributed by atoms with Crippen LogP contribution < -0.4 is 14.5 Å². The van der Waals surface area contributed by atoms with Crippen LogP contribution in [0, 0.1) is 0 Å². The predicted octanol–water partition coefficient (Wildman–Crippen LogP) is 5.57. The smallest absolute Gasteiger partial charge is 0.318 e. The summed E-state index contributed by atoms with van der Waals surface area (Å²) in [5.41, 5.74) is 4.56. The van der Waals surface area contributed by atoms with Gasteiger partial charge in [0.15, 0.2) is 0 Å². The summed E-state index contributed by atoms with van der Waals surface area (Å²) in [5.74, 6) is 1.92. The van der Waals surface area contributed by atoms with Crippen LogP contribution in [-0.4, -0.2) is 63.7 Å². The molecule has 0 saturated carbocycles. The zero-order chi connectivity index (χ0) is 27.9. The van der Waals surface area contributed by atoms with E-state index in [4.69, 9.17) is 26.3 Å². The van der Waals surface area contributed by atoms with Crippen LogP contribution in [0.25, 0.3) is 16.8 Å². The normalized spacial score (nSPS) is 18.9. The van der Waals surface area contributed by atoms with Crippen LogP contribution in [0.5, 0.6) is 6.01 Å². The van der Waals surface area contributed by atoms with E-state index in [2.05, 4.69) is 62.1 Å². The predicted molar refractivity (Wildman–Crippen MR) is 165 cm³/mol. The van der Waals surface area contributed by atoms with Gasteiger partial charge in [-0.25, -0.2) is 4.98 Å². The fraction of sp³-hybridized carbons (Fsp3) is 0.406. The number of hydrogen-bond acceptors (Lipinski definition) is 7. The van der Waals surface area contributed by atoms with Crippen molar-refractivity contribution in [1.82, 2.24) is 24.4 Å². The van der Waals surface area contributed by atoms with Gasteiger partial charge >= 0.3 is 6.01 Å². The Kier molecular flexibility index (Phi) is 7.04. The molecule has 1 fully saturated rings. The lowest BCUT2D eigenvalue weighted by Gasteiger charge is -2.35. The zero-order valence-electron chi connectivity index (χ0n) is 23.6. The summed E-state index contributed by atoms with van der Waals surface area (Å²) in [6, 6.07) is 13.5. The molecule has 212 valence electrons. The first-order chi connectivity index (χ1) is 20.1. The van der Waals surface area contributed by atoms with Crippen LogP contribution in [0.2, 0.25) is 5.02 Å². The van der Waals surface area contributed by atoms with E-state index in [-0.39, 0.29) is 0 Å². The molecule has 2 aromatic heterocycles. The van der Waals surface area contributed by atoms with Gasteiger partial charge in [0.1, 0.15) is 11.6 Å². The molecule has 0 spiro atoms. The number of aromatic nitrogens is 4. The Balaban J connectivity index is 1.21. The molecule has 3 aliphatic heterocycles. The highest BCUT2D eigenvalue weighted by Gasteiger charge is 2.29. The number of rotatable bonds is 7. The van der Waals surface area contributed by atoms with E-state index in [1.165, 1.54) is 24.1 Å². The fourth-order valence-electron chi connectivity index (χ4n) is 6.74. The number of hydrogen-bond donors (Lipinski definition) is 0. The minimum absolute atomic E-state index is 0.475. The van der Waals surface area contributed by atoms with Gasteiger partial charge in [-0.3, -0.25) is 0 Å². The molecule has 8 nitrogen and oxygen atoms in total. The van der Waals surface area contributed by atoms with Crippen molar-refractivity contribution < 1.29 is 4.74 Å². The minimum Gasteiger partial charge on any atom is -0.463 e. The minimum atomic E-state index is 0.475. The fourth-order valence-corrected chi connectivity index (χ4v) is 7.02. The van der Waals surface area contributed by atoms with Crippen LogP contribution in [0.15, 0.2) is 49.2 Å². The van der Waals surface area contributed by atoms with E-state index >= 15 is 0 Å². The second-order valence-corrected chi connectivity index (χ2v) is 11.7. The molecule has 2 aromatic carbocycles. The second-order valence-electron chi connectivity index (χ2n) is 11.3. The van der Waals surface area contributed by atoms with Gasteiger partial charge in [0, 0.05) is 42.3 Å². The number of imidazole rings is 1. The van der Waals surface area contributed by atoms with Gasteiger partial charge in [0.25, 0.3) is 0 Å². The molecular formula is C32H36ClN7O. The molecule has 1 atom stereocenters. The Hall–Kier alpha value is -3.62. The summed E-state index contributed by atoms with van der Waals surface area (Å²) in [7, 11) is 2.21. The molecule has 7 rings (SSSR count). The third kappa shape index (κ3) is 4.93. The van der Waals surface area contributed by atoms with Crippen molar-refractivity contribution in [1.29, 1.82) is 0 Å². The number of likely N-dealkylation sites (tertiary alicyclic amines) is 1. The van der Waals surface area contributed by atoms with Crippen LogP contribution in [-0.2, 0) is 26.1 Å². The van der Waals surface area contributed by atoms with Crippen molar-refractivity contribution in [3.8, 4) is 6.01 Å². The molecule has 41 heavy (non-hydrogen) atoms. The van der Waals surface area contributed by atoms with Gasteiger partial charge in [-0.15, -0.1) is 0 Å². The molecule has 4 aromatic rings. The average Bonchev–Trinajstić information content (AvgIpc) is 3.61. The summed E-state index contributed by atoms with van der Waals surface area (Å²) in [4.78, 5) is 21.8. The maximum absolute atomic E-state index is 6.71. The first-order valence-electron chi connectivity index (χ1n) is 14.7. The van der Waals surface area contributed by atoms with Crippen molar-refractivity contribution in [3.63, 3.8) is 0 Å². The molecule has 9 heteroatoms. The maximum atomic E-state index is 6.71. The summed E-state index contributed by atoms with van der Waals surface area (Å²) < 4.78 is 8.54. The average molecular weight is 570 g/mol. The Morgan fingerprint density at radius 1 is 1.05 bits per heavy atom. The van der Waals surface area contributed by atoms with E-state index in [0.717, 1.165) is 84.4 Å². The molecule has 0 bridgehead atoms. The van der Waals surface area contributed by atoms with Crippen molar-refractivity contribution in [2.75, 3.05) is 43.1 Å². The molecule has 0 aliphatic carbocycles. The third-order valence-corrected chi connectivity index (χ3v) is 9.26. The van der Waals surface area contributed by atoms with Gasteiger partial charge < -0.3 is 24.0 Å². The Morgan fingerprint density at radius 2 is 1.93 bits per heavy atom. The van der Waals surface area contributed by atoms with Crippen molar-refractivity contribution in [2.24, 2.45) is 0 Å². The van der Waals surface area contributed by atoms with Crippen LogP contribution in [0.3, 0.4) is 0 Å². The van der Waals surface area contributed by atoms with Crippen LogP contribution in [0.1, 0.15) is 42.0 Å². The number of halogens is 1. The SMILES string of the molecule is C=Cc1ncc2n1CCN(c1nc(OCCC3CCCN3C)nc3c1CCN(c1cccc4cccc(Cl)c14)C3)C2. The van der Waals surface area contributed by atoms with Gasteiger partial charge in [0.2, 0.25) is 0 Å². The molecule has 0 N–H and O–H groups in total. The molecule has 1 unspecified atom stereocenters. The third-order valence-electron chi connectivity index (χ3n) is 8.95. The number of fused-ring (bicyclic) bond motifs is 3. The number of nitrogens with zero attached hydrogens (tertiary/aromatic N) is 7. The number of anilines is 2. The van der Waals surface area contributed by atoms with E-state index < -0.39 is 0 Å². The van der Waals surface area contributed by atoms with E-state index in [9.17, 15) is 0 Å². The summed E-state index contributed by atoms with van der Waals surface area (Å²) in [6.45, 7) is 9.71. The number of ether oxygens (including phenoxy) is 1.